The summed E-state index contributed by atoms with van der Waals surface area (Å²) in [5.74, 6) is -1.27. The van der Waals surface area contributed by atoms with Crippen LogP contribution in [0.3, 0.4) is 0 Å². The summed E-state index contributed by atoms with van der Waals surface area (Å²) in [4.78, 5) is 25.9. The van der Waals surface area contributed by atoms with Crippen LogP contribution in [-0.4, -0.2) is 11.8 Å². The third-order valence-electron chi connectivity index (χ3n) is 3.23. The Morgan fingerprint density at radius 2 is 1.46 bits per heavy atom. The molecule has 0 radical (unpaired) electrons. The molecular formula is C16H8Cl4N2O2. The van der Waals surface area contributed by atoms with Crippen LogP contribution in [0.25, 0.3) is 0 Å². The minimum absolute atomic E-state index is 0.0416. The molecule has 122 valence electrons. The van der Waals surface area contributed by atoms with Gasteiger partial charge in [-0.25, -0.2) is 4.90 Å². The smallest absolute Gasteiger partial charge is 0.283 e. The normalized spacial score (nSPS) is 14.6. The second-order valence-corrected chi connectivity index (χ2v) is 6.58. The fraction of sp³-hybridized carbons (Fsp3) is 0. The zero-order valence-electron chi connectivity index (χ0n) is 11.8. The van der Waals surface area contributed by atoms with Crippen LogP contribution in [0.15, 0.2) is 53.2 Å². The number of carbonyl (C=O) groups is 2. The highest BCUT2D eigenvalue weighted by Crippen LogP contribution is 2.33. The summed E-state index contributed by atoms with van der Waals surface area (Å²) in [5, 5.41) is 3.67. The molecule has 8 heteroatoms. The number of imide groups is 1. The Morgan fingerprint density at radius 1 is 0.792 bits per heavy atom. The van der Waals surface area contributed by atoms with Crippen molar-refractivity contribution in [3.05, 3.63) is 68.3 Å². The first kappa shape index (κ1) is 17.1. The SMILES string of the molecule is O=C1C(Cl)=C(Nc2cccc(Cl)c2)C(=O)N1c1cc(Cl)cc(Cl)c1. The molecule has 2 aromatic carbocycles. The van der Waals surface area contributed by atoms with Crippen LogP contribution in [0.1, 0.15) is 0 Å². The maximum atomic E-state index is 12.6. The van der Waals surface area contributed by atoms with Gasteiger partial charge in [-0.1, -0.05) is 52.5 Å². The van der Waals surface area contributed by atoms with E-state index in [1.807, 2.05) is 0 Å². The van der Waals surface area contributed by atoms with Gasteiger partial charge in [-0.05, 0) is 36.4 Å². The van der Waals surface area contributed by atoms with Crippen LogP contribution in [0, 0.1) is 0 Å². The van der Waals surface area contributed by atoms with Crippen molar-refractivity contribution in [2.45, 2.75) is 0 Å². The minimum atomic E-state index is -0.662. The molecule has 1 aliphatic heterocycles. The first-order valence-electron chi connectivity index (χ1n) is 6.64. The quantitative estimate of drug-likeness (QED) is 0.729. The molecule has 0 unspecified atom stereocenters. The molecule has 24 heavy (non-hydrogen) atoms. The van der Waals surface area contributed by atoms with Gasteiger partial charge < -0.3 is 5.32 Å². The average molecular weight is 402 g/mol. The van der Waals surface area contributed by atoms with Crippen molar-refractivity contribution in [2.24, 2.45) is 0 Å². The van der Waals surface area contributed by atoms with E-state index < -0.39 is 11.8 Å². The van der Waals surface area contributed by atoms with E-state index in [-0.39, 0.29) is 16.4 Å². The summed E-state index contributed by atoms with van der Waals surface area (Å²) in [6.45, 7) is 0. The standard InChI is InChI=1S/C16H8Cl4N2O2/c17-8-2-1-3-11(5-8)21-14-13(20)15(23)22(16(14)24)12-6-9(18)4-10(19)7-12/h1-7,21H. The minimum Gasteiger partial charge on any atom is -0.350 e. The first-order chi connectivity index (χ1) is 11.4. The van der Waals surface area contributed by atoms with Crippen LogP contribution in [0.4, 0.5) is 11.4 Å². The predicted octanol–water partition coefficient (Wildman–Crippen LogP) is 5.08. The average Bonchev–Trinajstić information content (AvgIpc) is 2.70. The Balaban J connectivity index is 1.95. The van der Waals surface area contributed by atoms with Crippen molar-refractivity contribution in [1.82, 2.24) is 0 Å². The Labute approximate surface area is 157 Å². The van der Waals surface area contributed by atoms with Crippen molar-refractivity contribution < 1.29 is 9.59 Å². The van der Waals surface area contributed by atoms with E-state index in [2.05, 4.69) is 5.32 Å². The van der Waals surface area contributed by atoms with E-state index >= 15 is 0 Å². The summed E-state index contributed by atoms with van der Waals surface area (Å²) >= 11 is 23.8. The lowest BCUT2D eigenvalue weighted by molar-refractivity contribution is -0.120. The molecule has 1 heterocycles. The number of rotatable bonds is 3. The highest BCUT2D eigenvalue weighted by molar-refractivity contribution is 6.53. The number of nitrogens with zero attached hydrogens (tertiary/aromatic N) is 1. The molecule has 0 aliphatic carbocycles. The lowest BCUT2D eigenvalue weighted by Crippen LogP contribution is -2.32. The Hall–Kier alpha value is -1.72. The molecule has 2 aromatic rings. The van der Waals surface area contributed by atoms with Crippen LogP contribution in [0.5, 0.6) is 0 Å². The van der Waals surface area contributed by atoms with Gasteiger partial charge in [-0.2, -0.15) is 0 Å². The number of halogens is 4. The highest BCUT2D eigenvalue weighted by Gasteiger charge is 2.39. The second kappa shape index (κ2) is 6.65. The van der Waals surface area contributed by atoms with Gasteiger partial charge >= 0.3 is 0 Å². The molecule has 1 aliphatic rings. The lowest BCUT2D eigenvalue weighted by Gasteiger charge is -2.15. The van der Waals surface area contributed by atoms with Gasteiger partial charge in [-0.15, -0.1) is 0 Å². The number of carbonyl (C=O) groups excluding carboxylic acids is 2. The van der Waals surface area contributed by atoms with Crippen molar-refractivity contribution in [3.8, 4) is 0 Å². The molecule has 0 aromatic heterocycles. The number of amides is 2. The number of anilines is 2. The van der Waals surface area contributed by atoms with Crippen LogP contribution >= 0.6 is 46.4 Å². The van der Waals surface area contributed by atoms with Gasteiger partial charge in [0.15, 0.2) is 0 Å². The molecule has 0 saturated heterocycles. The van der Waals surface area contributed by atoms with E-state index in [4.69, 9.17) is 46.4 Å². The van der Waals surface area contributed by atoms with Crippen molar-refractivity contribution in [1.29, 1.82) is 0 Å². The van der Waals surface area contributed by atoms with Gasteiger partial charge in [-0.3, -0.25) is 9.59 Å². The van der Waals surface area contributed by atoms with E-state index in [0.717, 1.165) is 4.90 Å². The molecule has 2 amide bonds. The molecule has 0 saturated carbocycles. The first-order valence-corrected chi connectivity index (χ1v) is 8.15. The van der Waals surface area contributed by atoms with Gasteiger partial charge in [0.25, 0.3) is 11.8 Å². The van der Waals surface area contributed by atoms with Crippen LogP contribution in [-0.2, 0) is 9.59 Å². The molecule has 3 rings (SSSR count). The van der Waals surface area contributed by atoms with E-state index in [1.54, 1.807) is 24.3 Å². The monoisotopic (exact) mass is 400 g/mol. The molecule has 4 nitrogen and oxygen atoms in total. The molecule has 0 bridgehead atoms. The summed E-state index contributed by atoms with van der Waals surface area (Å²) in [6, 6.07) is 11.1. The van der Waals surface area contributed by atoms with Crippen molar-refractivity contribution in [2.75, 3.05) is 10.2 Å². The lowest BCUT2D eigenvalue weighted by atomic mass is 10.3. The van der Waals surface area contributed by atoms with Gasteiger partial charge in [0, 0.05) is 20.8 Å². The summed E-state index contributed by atoms with van der Waals surface area (Å²) in [7, 11) is 0. The summed E-state index contributed by atoms with van der Waals surface area (Å²) < 4.78 is 0. The number of nitrogens with one attached hydrogen (secondary N) is 1. The Morgan fingerprint density at radius 3 is 2.08 bits per heavy atom. The number of benzene rings is 2. The maximum Gasteiger partial charge on any atom is 0.283 e. The van der Waals surface area contributed by atoms with Crippen molar-refractivity contribution >= 4 is 69.6 Å². The Kier molecular flexibility index (Phi) is 4.74. The Bertz CT molecular complexity index is 875. The van der Waals surface area contributed by atoms with Crippen LogP contribution in [0.2, 0.25) is 15.1 Å². The van der Waals surface area contributed by atoms with Crippen molar-refractivity contribution in [3.63, 3.8) is 0 Å². The highest BCUT2D eigenvalue weighted by atomic mass is 35.5. The molecular weight excluding hydrogens is 394 g/mol. The predicted molar refractivity (Wildman–Crippen MR) is 96.9 cm³/mol. The summed E-state index contributed by atoms with van der Waals surface area (Å²) in [6.07, 6.45) is 0. The van der Waals surface area contributed by atoms with Crippen LogP contribution < -0.4 is 10.2 Å². The second-order valence-electron chi connectivity index (χ2n) is 4.90. The zero-order chi connectivity index (χ0) is 17.4. The van der Waals surface area contributed by atoms with E-state index in [0.29, 0.717) is 20.8 Å². The fourth-order valence-electron chi connectivity index (χ4n) is 2.22. The third kappa shape index (κ3) is 3.23. The molecule has 0 atom stereocenters. The molecule has 1 N–H and O–H groups in total. The number of hydrogen-bond acceptors (Lipinski definition) is 3. The maximum absolute atomic E-state index is 12.6. The molecule has 0 fully saturated rings. The fourth-order valence-corrected chi connectivity index (χ4v) is 3.14. The zero-order valence-corrected chi connectivity index (χ0v) is 14.8. The largest absolute Gasteiger partial charge is 0.350 e. The van der Waals surface area contributed by atoms with E-state index in [9.17, 15) is 9.59 Å². The topological polar surface area (TPSA) is 49.4 Å². The third-order valence-corrected chi connectivity index (χ3v) is 4.25. The summed E-state index contributed by atoms with van der Waals surface area (Å²) in [5.41, 5.74) is 0.728. The molecule has 0 spiro atoms. The van der Waals surface area contributed by atoms with Gasteiger partial charge in [0.1, 0.15) is 10.7 Å². The van der Waals surface area contributed by atoms with E-state index in [1.165, 1.54) is 18.2 Å². The van der Waals surface area contributed by atoms with Gasteiger partial charge in [0.2, 0.25) is 0 Å². The number of hydrogen-bond donors (Lipinski definition) is 1. The van der Waals surface area contributed by atoms with Gasteiger partial charge in [0.05, 0.1) is 5.69 Å².